The monoisotopic (exact) mass is 373 g/mol. The molecule has 2 aromatic rings. The lowest BCUT2D eigenvalue weighted by molar-refractivity contribution is 0.00788. The summed E-state index contributed by atoms with van der Waals surface area (Å²) in [5, 5.41) is 0. The van der Waals surface area contributed by atoms with Gasteiger partial charge in [0.1, 0.15) is 0 Å². The molecule has 0 radical (unpaired) electrons. The lowest BCUT2D eigenvalue weighted by Crippen LogP contribution is -2.50. The summed E-state index contributed by atoms with van der Waals surface area (Å²) in [6.45, 7) is 5.04. The molecule has 4 nitrogen and oxygen atoms in total. The number of halogens is 2. The van der Waals surface area contributed by atoms with Crippen LogP contribution in [0.3, 0.4) is 0 Å². The van der Waals surface area contributed by atoms with Crippen LogP contribution in [0.2, 0.25) is 0 Å². The van der Waals surface area contributed by atoms with Crippen molar-refractivity contribution in [2.24, 2.45) is 0 Å². The first-order valence-corrected chi connectivity index (χ1v) is 9.59. The van der Waals surface area contributed by atoms with Crippen LogP contribution < -0.4 is 0 Å². The van der Waals surface area contributed by atoms with E-state index in [4.69, 9.17) is 4.74 Å². The SMILES string of the molecule is Fc1ccc(CN2CC[C@@H](N3CCOCC3)[C@@H]2Cc2cccnc2)cc1F. The maximum absolute atomic E-state index is 13.6. The quantitative estimate of drug-likeness (QED) is 0.806. The van der Waals surface area contributed by atoms with Crippen molar-refractivity contribution in [3.05, 3.63) is 65.5 Å². The average Bonchev–Trinajstić information content (AvgIpc) is 3.08. The van der Waals surface area contributed by atoms with Gasteiger partial charge in [0.15, 0.2) is 11.6 Å². The van der Waals surface area contributed by atoms with Crippen LogP contribution in [0, 0.1) is 11.6 Å². The molecule has 6 heteroatoms. The van der Waals surface area contributed by atoms with Gasteiger partial charge in [-0.1, -0.05) is 12.1 Å². The van der Waals surface area contributed by atoms with Gasteiger partial charge in [0.25, 0.3) is 0 Å². The second-order valence-corrected chi connectivity index (χ2v) is 7.36. The Morgan fingerprint density at radius 1 is 1.04 bits per heavy atom. The molecule has 1 aromatic heterocycles. The molecule has 0 bridgehead atoms. The van der Waals surface area contributed by atoms with E-state index < -0.39 is 11.6 Å². The molecule has 2 aliphatic heterocycles. The van der Waals surface area contributed by atoms with Crippen molar-refractivity contribution in [2.45, 2.75) is 31.5 Å². The standard InChI is InChI=1S/C21H25F2N3O/c22-18-4-3-17(12-19(18)23)15-26-7-5-20(25-8-10-27-11-9-25)21(26)13-16-2-1-6-24-14-16/h1-4,6,12,14,20-21H,5,7-11,13,15H2/t20-,21+/m1/s1. The minimum Gasteiger partial charge on any atom is -0.379 e. The van der Waals surface area contributed by atoms with Crippen LogP contribution in [0.15, 0.2) is 42.7 Å². The predicted molar refractivity (Wildman–Crippen MR) is 99.3 cm³/mol. The Kier molecular flexibility index (Phi) is 5.76. The van der Waals surface area contributed by atoms with Crippen LogP contribution in [0.5, 0.6) is 0 Å². The van der Waals surface area contributed by atoms with Crippen molar-refractivity contribution in [3.8, 4) is 0 Å². The molecular formula is C21H25F2N3O. The fourth-order valence-corrected chi connectivity index (χ4v) is 4.33. The Labute approximate surface area is 158 Å². The minimum atomic E-state index is -0.793. The summed E-state index contributed by atoms with van der Waals surface area (Å²) in [4.78, 5) is 9.18. The Morgan fingerprint density at radius 3 is 2.63 bits per heavy atom. The van der Waals surface area contributed by atoms with E-state index in [9.17, 15) is 8.78 Å². The Hall–Kier alpha value is -1.89. The number of morpholine rings is 1. The summed E-state index contributed by atoms with van der Waals surface area (Å²) < 4.78 is 32.4. The Bertz CT molecular complexity index is 752. The first-order valence-electron chi connectivity index (χ1n) is 9.59. The van der Waals surface area contributed by atoms with E-state index in [-0.39, 0.29) is 0 Å². The molecule has 0 amide bonds. The van der Waals surface area contributed by atoms with Crippen molar-refractivity contribution in [1.82, 2.24) is 14.8 Å². The highest BCUT2D eigenvalue weighted by Gasteiger charge is 2.38. The molecule has 2 fully saturated rings. The van der Waals surface area contributed by atoms with E-state index >= 15 is 0 Å². The van der Waals surface area contributed by atoms with Crippen LogP contribution in [-0.4, -0.2) is 59.7 Å². The topological polar surface area (TPSA) is 28.6 Å². The molecular weight excluding hydrogens is 348 g/mol. The first-order chi connectivity index (χ1) is 13.2. The smallest absolute Gasteiger partial charge is 0.159 e. The third-order valence-electron chi connectivity index (χ3n) is 5.68. The third kappa shape index (κ3) is 4.34. The summed E-state index contributed by atoms with van der Waals surface area (Å²) in [5.74, 6) is -1.57. The number of ether oxygens (including phenoxy) is 1. The van der Waals surface area contributed by atoms with Crippen LogP contribution in [0.1, 0.15) is 17.5 Å². The maximum Gasteiger partial charge on any atom is 0.159 e. The van der Waals surface area contributed by atoms with Crippen LogP contribution >= 0.6 is 0 Å². The van der Waals surface area contributed by atoms with Crippen molar-refractivity contribution >= 4 is 0 Å². The second-order valence-electron chi connectivity index (χ2n) is 7.36. The summed E-state index contributed by atoms with van der Waals surface area (Å²) in [7, 11) is 0. The molecule has 0 saturated carbocycles. The van der Waals surface area contributed by atoms with Crippen LogP contribution in [0.25, 0.3) is 0 Å². The second kappa shape index (κ2) is 8.42. The van der Waals surface area contributed by atoms with E-state index in [0.717, 1.165) is 51.3 Å². The molecule has 1 aromatic carbocycles. The fourth-order valence-electron chi connectivity index (χ4n) is 4.33. The number of benzene rings is 1. The normalized spacial score (nSPS) is 24.4. The molecule has 144 valence electrons. The van der Waals surface area contributed by atoms with E-state index in [2.05, 4.69) is 20.9 Å². The number of pyridine rings is 1. The summed E-state index contributed by atoms with van der Waals surface area (Å²) in [6.07, 6.45) is 5.69. The van der Waals surface area contributed by atoms with Gasteiger partial charge in [-0.2, -0.15) is 0 Å². The molecule has 2 aliphatic rings. The maximum atomic E-state index is 13.6. The number of hydrogen-bond donors (Lipinski definition) is 0. The van der Waals surface area contributed by atoms with Crippen molar-refractivity contribution in [2.75, 3.05) is 32.8 Å². The summed E-state index contributed by atoms with van der Waals surface area (Å²) in [6, 6.07) is 9.06. The van der Waals surface area contributed by atoms with Gasteiger partial charge in [-0.15, -0.1) is 0 Å². The number of hydrogen-bond acceptors (Lipinski definition) is 4. The summed E-state index contributed by atoms with van der Waals surface area (Å²) in [5.41, 5.74) is 2.02. The number of likely N-dealkylation sites (tertiary alicyclic amines) is 1. The van der Waals surface area contributed by atoms with Crippen molar-refractivity contribution < 1.29 is 13.5 Å². The minimum absolute atomic E-state index is 0.320. The van der Waals surface area contributed by atoms with E-state index in [1.165, 1.54) is 17.7 Å². The zero-order chi connectivity index (χ0) is 18.6. The highest BCUT2D eigenvalue weighted by atomic mass is 19.2. The van der Waals surface area contributed by atoms with Gasteiger partial charge in [0, 0.05) is 50.7 Å². The largest absolute Gasteiger partial charge is 0.379 e. The fraction of sp³-hybridized carbons (Fsp3) is 0.476. The number of rotatable bonds is 5. The molecule has 0 aliphatic carbocycles. The zero-order valence-electron chi connectivity index (χ0n) is 15.4. The third-order valence-corrected chi connectivity index (χ3v) is 5.68. The zero-order valence-corrected chi connectivity index (χ0v) is 15.4. The van der Waals surface area contributed by atoms with Crippen LogP contribution in [-0.2, 0) is 17.7 Å². The molecule has 3 heterocycles. The molecule has 27 heavy (non-hydrogen) atoms. The van der Waals surface area contributed by atoms with Crippen molar-refractivity contribution in [1.29, 1.82) is 0 Å². The van der Waals surface area contributed by atoms with Gasteiger partial charge in [-0.05, 0) is 42.2 Å². The summed E-state index contributed by atoms with van der Waals surface area (Å²) >= 11 is 0. The average molecular weight is 373 g/mol. The highest BCUT2D eigenvalue weighted by Crippen LogP contribution is 2.28. The molecule has 2 saturated heterocycles. The number of nitrogens with zero attached hydrogens (tertiary/aromatic N) is 3. The van der Waals surface area contributed by atoms with Gasteiger partial charge in [0.2, 0.25) is 0 Å². The van der Waals surface area contributed by atoms with Gasteiger partial charge >= 0.3 is 0 Å². The Morgan fingerprint density at radius 2 is 1.89 bits per heavy atom. The number of aromatic nitrogens is 1. The molecule has 0 unspecified atom stereocenters. The first kappa shape index (κ1) is 18.5. The highest BCUT2D eigenvalue weighted by molar-refractivity contribution is 5.19. The predicted octanol–water partition coefficient (Wildman–Crippen LogP) is 2.88. The Balaban J connectivity index is 1.54. The molecule has 4 rings (SSSR count). The molecule has 0 N–H and O–H groups in total. The van der Waals surface area contributed by atoms with Crippen LogP contribution in [0.4, 0.5) is 8.78 Å². The van der Waals surface area contributed by atoms with Gasteiger partial charge < -0.3 is 4.74 Å². The lowest BCUT2D eigenvalue weighted by Gasteiger charge is -2.37. The van der Waals surface area contributed by atoms with Gasteiger partial charge in [-0.3, -0.25) is 14.8 Å². The van der Waals surface area contributed by atoms with Gasteiger partial charge in [-0.25, -0.2) is 8.78 Å². The van der Waals surface area contributed by atoms with E-state index in [1.807, 2.05) is 12.3 Å². The molecule has 0 spiro atoms. The molecule has 2 atom stereocenters. The van der Waals surface area contributed by atoms with Crippen molar-refractivity contribution in [3.63, 3.8) is 0 Å². The lowest BCUT2D eigenvalue weighted by atomic mass is 9.99. The van der Waals surface area contributed by atoms with Gasteiger partial charge in [0.05, 0.1) is 13.2 Å². The van der Waals surface area contributed by atoms with E-state index in [0.29, 0.717) is 18.6 Å². The van der Waals surface area contributed by atoms with E-state index in [1.54, 1.807) is 12.3 Å².